The molecule has 152 valence electrons. The fraction of sp³-hybridized carbons (Fsp3) is 0.200. The quantitative estimate of drug-likeness (QED) is 0.416. The number of hydrogen-bond acceptors (Lipinski definition) is 4. The van der Waals surface area contributed by atoms with E-state index in [2.05, 4.69) is 58.9 Å². The monoisotopic (exact) mass is 415 g/mol. The maximum atomic E-state index is 10.6. The average molecular weight is 416 g/mol. The Morgan fingerprint density at radius 1 is 0.900 bits per heavy atom. The summed E-state index contributed by atoms with van der Waals surface area (Å²) >= 11 is 1.53. The number of thioether (sulfide) groups is 1. The van der Waals surface area contributed by atoms with E-state index in [1.54, 1.807) is 0 Å². The summed E-state index contributed by atoms with van der Waals surface area (Å²) in [6.07, 6.45) is 0.140. The molecule has 5 heteroatoms. The molecule has 0 radical (unpaired) electrons. The number of benzene rings is 3. The van der Waals surface area contributed by atoms with Crippen molar-refractivity contribution in [2.75, 3.05) is 5.75 Å². The Hall–Kier alpha value is -2.89. The normalized spacial score (nSPS) is 12.1. The number of aromatic nitrogens is 3. The van der Waals surface area contributed by atoms with Crippen molar-refractivity contribution in [3.05, 3.63) is 107 Å². The van der Waals surface area contributed by atoms with Crippen LogP contribution in [0.4, 0.5) is 0 Å². The summed E-state index contributed by atoms with van der Waals surface area (Å²) in [6.45, 7) is 4.21. The van der Waals surface area contributed by atoms with Crippen LogP contribution in [0.15, 0.2) is 84.0 Å². The Labute approximate surface area is 181 Å². The SMILES string of the molecule is Cc1ccc(-n2c(Cc3ccccc3)nnc2SCC(O)c2ccccc2)c(C)c1. The van der Waals surface area contributed by atoms with Crippen LogP contribution in [0.3, 0.4) is 0 Å². The Balaban J connectivity index is 1.66. The highest BCUT2D eigenvalue weighted by molar-refractivity contribution is 7.99. The van der Waals surface area contributed by atoms with Crippen LogP contribution in [0.5, 0.6) is 0 Å². The predicted octanol–water partition coefficient (Wildman–Crippen LogP) is 5.30. The molecule has 1 aromatic heterocycles. The molecule has 0 amide bonds. The van der Waals surface area contributed by atoms with Crippen molar-refractivity contribution < 1.29 is 5.11 Å². The van der Waals surface area contributed by atoms with Gasteiger partial charge in [-0.05, 0) is 36.6 Å². The molecule has 30 heavy (non-hydrogen) atoms. The smallest absolute Gasteiger partial charge is 0.195 e. The minimum absolute atomic E-state index is 0.512. The van der Waals surface area contributed by atoms with Gasteiger partial charge < -0.3 is 5.11 Å². The second-order valence-corrected chi connectivity index (χ2v) is 8.41. The third-order valence-corrected chi connectivity index (χ3v) is 6.06. The molecule has 1 heterocycles. The molecule has 0 saturated carbocycles. The van der Waals surface area contributed by atoms with Gasteiger partial charge in [0.2, 0.25) is 0 Å². The first-order valence-electron chi connectivity index (χ1n) is 10.0. The summed E-state index contributed by atoms with van der Waals surface area (Å²) in [6, 6.07) is 26.5. The number of aryl methyl sites for hydroxylation is 2. The van der Waals surface area contributed by atoms with Crippen molar-refractivity contribution in [1.82, 2.24) is 14.8 Å². The molecule has 0 aliphatic rings. The third-order valence-electron chi connectivity index (χ3n) is 5.05. The summed E-state index contributed by atoms with van der Waals surface area (Å²) in [4.78, 5) is 0. The van der Waals surface area contributed by atoms with E-state index in [0.29, 0.717) is 12.2 Å². The van der Waals surface area contributed by atoms with E-state index in [1.807, 2.05) is 48.5 Å². The Morgan fingerprint density at radius 2 is 1.60 bits per heavy atom. The predicted molar refractivity (Wildman–Crippen MR) is 122 cm³/mol. The maximum Gasteiger partial charge on any atom is 0.195 e. The van der Waals surface area contributed by atoms with Crippen molar-refractivity contribution in [2.24, 2.45) is 0 Å². The van der Waals surface area contributed by atoms with Crippen LogP contribution in [0, 0.1) is 13.8 Å². The van der Waals surface area contributed by atoms with Gasteiger partial charge in [-0.25, -0.2) is 0 Å². The second kappa shape index (κ2) is 9.28. The zero-order valence-corrected chi connectivity index (χ0v) is 18.0. The van der Waals surface area contributed by atoms with Crippen molar-refractivity contribution >= 4 is 11.8 Å². The zero-order chi connectivity index (χ0) is 20.9. The van der Waals surface area contributed by atoms with Gasteiger partial charge in [-0.3, -0.25) is 4.57 Å². The van der Waals surface area contributed by atoms with Crippen LogP contribution in [0.1, 0.15) is 34.2 Å². The van der Waals surface area contributed by atoms with Gasteiger partial charge in [0.25, 0.3) is 0 Å². The number of hydrogen-bond donors (Lipinski definition) is 1. The Bertz CT molecular complexity index is 1110. The first kappa shape index (κ1) is 20.4. The molecular weight excluding hydrogens is 390 g/mol. The van der Waals surface area contributed by atoms with Crippen molar-refractivity contribution in [1.29, 1.82) is 0 Å². The summed E-state index contributed by atoms with van der Waals surface area (Å²) in [7, 11) is 0. The molecule has 3 aromatic carbocycles. The zero-order valence-electron chi connectivity index (χ0n) is 17.2. The molecule has 0 spiro atoms. The Morgan fingerprint density at radius 3 is 2.30 bits per heavy atom. The van der Waals surface area contributed by atoms with Crippen molar-refractivity contribution in [2.45, 2.75) is 31.5 Å². The highest BCUT2D eigenvalue weighted by Gasteiger charge is 2.18. The number of nitrogens with zero attached hydrogens (tertiary/aromatic N) is 3. The molecule has 4 rings (SSSR count). The molecular formula is C25H25N3OS. The Kier molecular flexibility index (Phi) is 6.31. The van der Waals surface area contributed by atoms with Gasteiger partial charge >= 0.3 is 0 Å². The second-order valence-electron chi connectivity index (χ2n) is 7.42. The molecule has 4 aromatic rings. The molecule has 0 bridgehead atoms. The van der Waals surface area contributed by atoms with Crippen molar-refractivity contribution in [3.63, 3.8) is 0 Å². The van der Waals surface area contributed by atoms with Crippen LogP contribution < -0.4 is 0 Å². The number of aliphatic hydroxyl groups is 1. The lowest BCUT2D eigenvalue weighted by molar-refractivity contribution is 0.204. The third kappa shape index (κ3) is 4.64. The molecule has 1 N–H and O–H groups in total. The van der Waals surface area contributed by atoms with Gasteiger partial charge in [-0.2, -0.15) is 0 Å². The lowest BCUT2D eigenvalue weighted by Gasteiger charge is -2.15. The van der Waals surface area contributed by atoms with E-state index in [1.165, 1.54) is 28.5 Å². The summed E-state index contributed by atoms with van der Waals surface area (Å²) in [5.41, 5.74) is 5.58. The van der Waals surface area contributed by atoms with Crippen LogP contribution in [-0.2, 0) is 6.42 Å². The van der Waals surface area contributed by atoms with Crippen LogP contribution in [0.2, 0.25) is 0 Å². The van der Waals surface area contributed by atoms with E-state index in [4.69, 9.17) is 0 Å². The first-order valence-corrected chi connectivity index (χ1v) is 11.0. The topological polar surface area (TPSA) is 50.9 Å². The first-order chi connectivity index (χ1) is 14.6. The van der Waals surface area contributed by atoms with E-state index in [9.17, 15) is 5.11 Å². The fourth-order valence-corrected chi connectivity index (χ4v) is 4.44. The van der Waals surface area contributed by atoms with E-state index in [-0.39, 0.29) is 0 Å². The molecule has 1 atom stereocenters. The number of aliphatic hydroxyl groups excluding tert-OH is 1. The lowest BCUT2D eigenvalue weighted by atomic mass is 10.1. The lowest BCUT2D eigenvalue weighted by Crippen LogP contribution is -2.07. The molecule has 0 saturated heterocycles. The van der Waals surface area contributed by atoms with Crippen LogP contribution >= 0.6 is 11.8 Å². The minimum Gasteiger partial charge on any atom is -0.388 e. The molecule has 0 fully saturated rings. The van der Waals surface area contributed by atoms with Crippen LogP contribution in [0.25, 0.3) is 5.69 Å². The largest absolute Gasteiger partial charge is 0.388 e. The van der Waals surface area contributed by atoms with Gasteiger partial charge in [0.15, 0.2) is 5.16 Å². The van der Waals surface area contributed by atoms with Gasteiger partial charge in [0.05, 0.1) is 11.8 Å². The molecule has 0 aliphatic heterocycles. The van der Waals surface area contributed by atoms with Gasteiger partial charge in [-0.1, -0.05) is 90.1 Å². The summed E-state index contributed by atoms with van der Waals surface area (Å²) in [5, 5.41) is 20.4. The minimum atomic E-state index is -0.557. The van der Waals surface area contributed by atoms with Crippen LogP contribution in [-0.4, -0.2) is 25.6 Å². The van der Waals surface area contributed by atoms with Gasteiger partial charge in [-0.15, -0.1) is 10.2 Å². The number of rotatable bonds is 7. The van der Waals surface area contributed by atoms with E-state index < -0.39 is 6.10 Å². The average Bonchev–Trinajstić information content (AvgIpc) is 3.15. The summed E-state index contributed by atoms with van der Waals surface area (Å²) in [5.74, 6) is 1.41. The fourth-order valence-electron chi connectivity index (χ4n) is 3.51. The van der Waals surface area contributed by atoms with E-state index >= 15 is 0 Å². The standard InChI is InChI=1S/C25H25N3OS/c1-18-13-14-22(19(2)15-18)28-24(16-20-9-5-3-6-10-20)26-27-25(28)30-17-23(29)21-11-7-4-8-12-21/h3-15,23,29H,16-17H2,1-2H3. The van der Waals surface area contributed by atoms with Gasteiger partial charge in [0, 0.05) is 12.2 Å². The molecule has 0 aliphatic carbocycles. The van der Waals surface area contributed by atoms with Crippen molar-refractivity contribution in [3.8, 4) is 5.69 Å². The highest BCUT2D eigenvalue weighted by Crippen LogP contribution is 2.29. The van der Waals surface area contributed by atoms with Gasteiger partial charge in [0.1, 0.15) is 5.82 Å². The molecule has 4 nitrogen and oxygen atoms in total. The highest BCUT2D eigenvalue weighted by atomic mass is 32.2. The van der Waals surface area contributed by atoms with E-state index in [0.717, 1.165) is 22.2 Å². The summed E-state index contributed by atoms with van der Waals surface area (Å²) < 4.78 is 2.13. The molecule has 1 unspecified atom stereocenters. The maximum absolute atomic E-state index is 10.6.